The van der Waals surface area contributed by atoms with E-state index in [0.717, 1.165) is 12.8 Å². The first kappa shape index (κ1) is 18.2. The van der Waals surface area contributed by atoms with Gasteiger partial charge in [-0.05, 0) is 30.7 Å². The number of hydrogen-bond acceptors (Lipinski definition) is 2. The summed E-state index contributed by atoms with van der Waals surface area (Å²) >= 11 is 1.87. The van der Waals surface area contributed by atoms with Crippen LogP contribution in [0.1, 0.15) is 81.9 Å². The summed E-state index contributed by atoms with van der Waals surface area (Å²) < 4.78 is 0. The highest BCUT2D eigenvalue weighted by Crippen LogP contribution is 2.15. The standard InChI is InChI=1S/C18H30O2S/c19-18(20)15-11-9-7-5-3-1-2-4-6-8-10-13-17-14-12-16-21-17/h12,14,16H,1-11,13,15H2,(H,19,20). The molecule has 1 rings (SSSR count). The Labute approximate surface area is 133 Å². The molecule has 0 aromatic carbocycles. The molecule has 0 bridgehead atoms. The maximum absolute atomic E-state index is 10.3. The molecule has 0 aliphatic carbocycles. The molecule has 0 radical (unpaired) electrons. The van der Waals surface area contributed by atoms with E-state index < -0.39 is 5.97 Å². The minimum absolute atomic E-state index is 0.339. The van der Waals surface area contributed by atoms with Gasteiger partial charge in [-0.15, -0.1) is 11.3 Å². The Kier molecular flexibility index (Phi) is 11.2. The third-order valence-electron chi connectivity index (χ3n) is 3.89. The monoisotopic (exact) mass is 310 g/mol. The molecule has 0 saturated heterocycles. The van der Waals surface area contributed by atoms with Crippen molar-refractivity contribution in [3.63, 3.8) is 0 Å². The fourth-order valence-electron chi connectivity index (χ4n) is 2.62. The van der Waals surface area contributed by atoms with Crippen LogP contribution in [0.25, 0.3) is 0 Å². The summed E-state index contributed by atoms with van der Waals surface area (Å²) in [5.74, 6) is -0.658. The van der Waals surface area contributed by atoms with Gasteiger partial charge in [-0.25, -0.2) is 0 Å². The van der Waals surface area contributed by atoms with Crippen LogP contribution >= 0.6 is 11.3 Å². The summed E-state index contributed by atoms with van der Waals surface area (Å²) in [7, 11) is 0. The molecule has 0 aliphatic rings. The molecule has 1 N–H and O–H groups in total. The number of aliphatic carboxylic acids is 1. The second-order valence-electron chi connectivity index (χ2n) is 5.86. The largest absolute Gasteiger partial charge is 0.481 e. The molecule has 0 spiro atoms. The Balaban J connectivity index is 1.72. The maximum atomic E-state index is 10.3. The van der Waals surface area contributed by atoms with Crippen LogP contribution in [0.15, 0.2) is 17.5 Å². The highest BCUT2D eigenvalue weighted by Gasteiger charge is 1.97. The molecule has 2 nitrogen and oxygen atoms in total. The number of hydrogen-bond donors (Lipinski definition) is 1. The normalized spacial score (nSPS) is 10.9. The van der Waals surface area contributed by atoms with Crippen LogP contribution in [0.5, 0.6) is 0 Å². The van der Waals surface area contributed by atoms with Crippen LogP contribution in [0, 0.1) is 0 Å². The summed E-state index contributed by atoms with van der Waals surface area (Å²) in [5.41, 5.74) is 0. The Morgan fingerprint density at radius 2 is 1.38 bits per heavy atom. The molecule has 1 aromatic heterocycles. The van der Waals surface area contributed by atoms with Gasteiger partial charge in [-0.3, -0.25) is 4.79 Å². The minimum Gasteiger partial charge on any atom is -0.481 e. The first-order chi connectivity index (χ1) is 10.3. The van der Waals surface area contributed by atoms with E-state index in [4.69, 9.17) is 5.11 Å². The van der Waals surface area contributed by atoms with Crippen molar-refractivity contribution in [1.29, 1.82) is 0 Å². The molecular formula is C18H30O2S. The molecule has 1 heterocycles. The third kappa shape index (κ3) is 11.5. The average molecular weight is 311 g/mol. The smallest absolute Gasteiger partial charge is 0.303 e. The minimum atomic E-state index is -0.658. The Bertz CT molecular complexity index is 346. The van der Waals surface area contributed by atoms with Crippen molar-refractivity contribution < 1.29 is 9.90 Å². The van der Waals surface area contributed by atoms with Gasteiger partial charge >= 0.3 is 5.97 Å². The summed E-state index contributed by atoms with van der Waals surface area (Å²) in [6, 6.07) is 4.38. The van der Waals surface area contributed by atoms with E-state index in [2.05, 4.69) is 17.5 Å². The van der Waals surface area contributed by atoms with Gasteiger partial charge in [-0.2, -0.15) is 0 Å². The quantitative estimate of drug-likeness (QED) is 0.424. The van der Waals surface area contributed by atoms with Crippen molar-refractivity contribution >= 4 is 17.3 Å². The van der Waals surface area contributed by atoms with Crippen LogP contribution in [0.4, 0.5) is 0 Å². The van der Waals surface area contributed by atoms with E-state index in [0.29, 0.717) is 6.42 Å². The van der Waals surface area contributed by atoms with Gasteiger partial charge in [0, 0.05) is 11.3 Å². The van der Waals surface area contributed by atoms with E-state index in [-0.39, 0.29) is 0 Å². The lowest BCUT2D eigenvalue weighted by atomic mass is 10.0. The van der Waals surface area contributed by atoms with Gasteiger partial charge in [0.1, 0.15) is 0 Å². The molecular weight excluding hydrogens is 280 g/mol. The number of carboxylic acids is 1. The molecule has 0 unspecified atom stereocenters. The Morgan fingerprint density at radius 1 is 0.857 bits per heavy atom. The number of carboxylic acid groups (broad SMARTS) is 1. The fourth-order valence-corrected chi connectivity index (χ4v) is 3.37. The average Bonchev–Trinajstić information content (AvgIpc) is 2.97. The van der Waals surface area contributed by atoms with Gasteiger partial charge in [0.05, 0.1) is 0 Å². The second-order valence-corrected chi connectivity index (χ2v) is 6.89. The second kappa shape index (κ2) is 12.9. The third-order valence-corrected chi connectivity index (χ3v) is 4.83. The van der Waals surface area contributed by atoms with Gasteiger partial charge in [-0.1, -0.05) is 63.9 Å². The molecule has 3 heteroatoms. The lowest BCUT2D eigenvalue weighted by molar-refractivity contribution is -0.137. The van der Waals surface area contributed by atoms with Crippen molar-refractivity contribution in [3.8, 4) is 0 Å². The SMILES string of the molecule is O=C(O)CCCCCCCCCCCCCc1cccs1. The van der Waals surface area contributed by atoms with E-state index in [1.165, 1.54) is 69.1 Å². The zero-order chi connectivity index (χ0) is 15.2. The first-order valence-corrected chi connectivity index (χ1v) is 9.41. The summed E-state index contributed by atoms with van der Waals surface area (Å²) in [4.78, 5) is 11.9. The molecule has 0 aliphatic heterocycles. The van der Waals surface area contributed by atoms with Gasteiger partial charge in [0.25, 0.3) is 0 Å². The molecule has 0 fully saturated rings. The van der Waals surface area contributed by atoms with Crippen LogP contribution in [-0.4, -0.2) is 11.1 Å². The number of carbonyl (C=O) groups is 1. The van der Waals surface area contributed by atoms with Gasteiger partial charge < -0.3 is 5.11 Å². The Hall–Kier alpha value is -0.830. The van der Waals surface area contributed by atoms with Crippen molar-refractivity contribution in [2.24, 2.45) is 0 Å². The summed E-state index contributed by atoms with van der Waals surface area (Å²) in [5, 5.41) is 10.7. The lowest BCUT2D eigenvalue weighted by Gasteiger charge is -2.02. The van der Waals surface area contributed by atoms with Crippen LogP contribution < -0.4 is 0 Å². The molecule has 21 heavy (non-hydrogen) atoms. The molecule has 120 valence electrons. The molecule has 0 amide bonds. The predicted octanol–water partition coefficient (Wildman–Crippen LogP) is 6.06. The summed E-state index contributed by atoms with van der Waals surface area (Å²) in [6.07, 6.45) is 15.5. The van der Waals surface area contributed by atoms with Gasteiger partial charge in [0.15, 0.2) is 0 Å². The van der Waals surface area contributed by atoms with Crippen LogP contribution in [0.3, 0.4) is 0 Å². The van der Waals surface area contributed by atoms with Crippen LogP contribution in [0.2, 0.25) is 0 Å². The zero-order valence-corrected chi connectivity index (χ0v) is 14.0. The summed E-state index contributed by atoms with van der Waals surface area (Å²) in [6.45, 7) is 0. The van der Waals surface area contributed by atoms with E-state index in [1.54, 1.807) is 0 Å². The molecule has 0 atom stereocenters. The van der Waals surface area contributed by atoms with Crippen molar-refractivity contribution in [2.75, 3.05) is 0 Å². The van der Waals surface area contributed by atoms with Crippen molar-refractivity contribution in [1.82, 2.24) is 0 Å². The van der Waals surface area contributed by atoms with E-state index >= 15 is 0 Å². The maximum Gasteiger partial charge on any atom is 0.303 e. The predicted molar refractivity (Wildman–Crippen MR) is 91.1 cm³/mol. The van der Waals surface area contributed by atoms with E-state index in [1.807, 2.05) is 11.3 Å². The highest BCUT2D eigenvalue weighted by molar-refractivity contribution is 7.09. The van der Waals surface area contributed by atoms with Crippen LogP contribution in [-0.2, 0) is 11.2 Å². The van der Waals surface area contributed by atoms with Gasteiger partial charge in [0.2, 0.25) is 0 Å². The molecule has 0 saturated carbocycles. The van der Waals surface area contributed by atoms with E-state index in [9.17, 15) is 4.79 Å². The van der Waals surface area contributed by atoms with Crippen molar-refractivity contribution in [2.45, 2.75) is 83.5 Å². The van der Waals surface area contributed by atoms with Crippen molar-refractivity contribution in [3.05, 3.63) is 22.4 Å². The molecule has 1 aromatic rings. The zero-order valence-electron chi connectivity index (χ0n) is 13.2. The number of unbranched alkanes of at least 4 members (excludes halogenated alkanes) is 10. The number of thiophene rings is 1. The fraction of sp³-hybridized carbons (Fsp3) is 0.722. The number of rotatable bonds is 14. The Morgan fingerprint density at radius 3 is 1.86 bits per heavy atom. The lowest BCUT2D eigenvalue weighted by Crippen LogP contribution is -1.93. The topological polar surface area (TPSA) is 37.3 Å². The highest BCUT2D eigenvalue weighted by atomic mass is 32.1. The first-order valence-electron chi connectivity index (χ1n) is 8.53. The number of aryl methyl sites for hydroxylation is 1.